The molecule has 3 aromatic heterocycles. The Hall–Kier alpha value is -3.66. The number of hydrogen-bond donors (Lipinski definition) is 0. The van der Waals surface area contributed by atoms with Gasteiger partial charge in [-0.1, -0.05) is 5.16 Å². The zero-order valence-electron chi connectivity index (χ0n) is 16.8. The van der Waals surface area contributed by atoms with E-state index in [1.165, 1.54) is 12.1 Å². The van der Waals surface area contributed by atoms with Gasteiger partial charge in [-0.3, -0.25) is 0 Å². The second kappa shape index (κ2) is 8.23. The molecule has 0 fully saturated rings. The Balaban J connectivity index is 1.32. The largest absolute Gasteiger partial charge is 0.471 e. The predicted molar refractivity (Wildman–Crippen MR) is 107 cm³/mol. The third kappa shape index (κ3) is 3.89. The molecular weight excluding hydrogens is 403 g/mol. The fourth-order valence-corrected chi connectivity index (χ4v) is 3.41. The van der Waals surface area contributed by atoms with Crippen LogP contribution in [0.1, 0.15) is 17.1 Å². The molecule has 10 heteroatoms. The molecule has 31 heavy (non-hydrogen) atoms. The highest BCUT2D eigenvalue weighted by Crippen LogP contribution is 2.27. The Morgan fingerprint density at radius 3 is 2.77 bits per heavy atom. The molecule has 9 nitrogen and oxygen atoms in total. The quantitative estimate of drug-likeness (QED) is 0.484. The number of nitrogens with zero attached hydrogens (tertiary/aromatic N) is 6. The van der Waals surface area contributed by atoms with Gasteiger partial charge in [0.1, 0.15) is 35.4 Å². The van der Waals surface area contributed by atoms with Crippen LogP contribution < -0.4 is 4.74 Å². The van der Waals surface area contributed by atoms with E-state index in [4.69, 9.17) is 14.0 Å². The highest BCUT2D eigenvalue weighted by molar-refractivity contribution is 5.63. The average Bonchev–Trinajstić information content (AvgIpc) is 3.28. The van der Waals surface area contributed by atoms with Crippen LogP contribution in [0.25, 0.3) is 22.8 Å². The molecule has 4 aromatic rings. The fourth-order valence-electron chi connectivity index (χ4n) is 3.41. The minimum absolute atomic E-state index is 0.188. The summed E-state index contributed by atoms with van der Waals surface area (Å²) in [6, 6.07) is 6.06. The van der Waals surface area contributed by atoms with Crippen LogP contribution in [0.2, 0.25) is 0 Å². The third-order valence-electron chi connectivity index (χ3n) is 5.08. The minimum Gasteiger partial charge on any atom is -0.471 e. The number of halogens is 1. The summed E-state index contributed by atoms with van der Waals surface area (Å²) in [6.45, 7) is 3.92. The molecule has 0 saturated heterocycles. The van der Waals surface area contributed by atoms with Crippen molar-refractivity contribution in [1.82, 2.24) is 29.9 Å². The van der Waals surface area contributed by atoms with Crippen LogP contribution in [0.5, 0.6) is 5.88 Å². The van der Waals surface area contributed by atoms with E-state index in [0.717, 1.165) is 23.4 Å². The van der Waals surface area contributed by atoms with E-state index in [-0.39, 0.29) is 12.4 Å². The topological polar surface area (TPSA) is 101 Å². The highest BCUT2D eigenvalue weighted by atomic mass is 19.1. The minimum atomic E-state index is -0.311. The Labute approximate surface area is 176 Å². The highest BCUT2D eigenvalue weighted by Gasteiger charge is 2.18. The summed E-state index contributed by atoms with van der Waals surface area (Å²) in [6.07, 6.45) is 3.88. The van der Waals surface area contributed by atoms with Gasteiger partial charge in [-0.25, -0.2) is 14.4 Å². The van der Waals surface area contributed by atoms with Crippen LogP contribution in [0.3, 0.4) is 0 Å². The summed E-state index contributed by atoms with van der Waals surface area (Å²) >= 11 is 0. The van der Waals surface area contributed by atoms with Crippen LogP contribution in [-0.2, 0) is 24.3 Å². The van der Waals surface area contributed by atoms with Crippen molar-refractivity contribution >= 4 is 0 Å². The summed E-state index contributed by atoms with van der Waals surface area (Å²) in [5, 5.41) is 12.6. The molecule has 0 amide bonds. The van der Waals surface area contributed by atoms with Crippen molar-refractivity contribution in [2.75, 3.05) is 13.2 Å². The molecule has 0 saturated carbocycles. The lowest BCUT2D eigenvalue weighted by Crippen LogP contribution is -2.07. The number of benzene rings is 1. The number of hydrogen-bond acceptors (Lipinski definition) is 8. The Morgan fingerprint density at radius 2 is 1.97 bits per heavy atom. The van der Waals surface area contributed by atoms with Crippen LogP contribution >= 0.6 is 0 Å². The first-order chi connectivity index (χ1) is 15.2. The third-order valence-corrected chi connectivity index (χ3v) is 5.08. The lowest BCUT2D eigenvalue weighted by atomic mass is 10.1. The van der Waals surface area contributed by atoms with E-state index in [0.29, 0.717) is 48.6 Å². The van der Waals surface area contributed by atoms with E-state index in [2.05, 4.69) is 25.3 Å². The van der Waals surface area contributed by atoms with Gasteiger partial charge in [0.25, 0.3) is 0 Å². The summed E-state index contributed by atoms with van der Waals surface area (Å²) in [5.74, 6) is 2.21. The summed E-state index contributed by atoms with van der Waals surface area (Å²) in [5.41, 5.74) is 2.73. The fraction of sp³-hybridized carbons (Fsp3) is 0.286. The number of fused-ring (bicyclic) bond motifs is 1. The van der Waals surface area contributed by atoms with Gasteiger partial charge in [-0.05, 0) is 31.2 Å². The van der Waals surface area contributed by atoms with Crippen molar-refractivity contribution in [3.63, 3.8) is 0 Å². The second-order valence-corrected chi connectivity index (χ2v) is 7.06. The monoisotopic (exact) mass is 422 g/mol. The Morgan fingerprint density at radius 1 is 1.10 bits per heavy atom. The van der Waals surface area contributed by atoms with E-state index in [1.807, 2.05) is 4.57 Å². The van der Waals surface area contributed by atoms with E-state index >= 15 is 0 Å². The molecule has 0 atom stereocenters. The van der Waals surface area contributed by atoms with Crippen molar-refractivity contribution in [3.05, 3.63) is 59.6 Å². The van der Waals surface area contributed by atoms with Crippen LogP contribution in [0.15, 0.2) is 41.2 Å². The molecule has 0 radical (unpaired) electrons. The summed E-state index contributed by atoms with van der Waals surface area (Å²) < 4.78 is 31.8. The molecule has 0 unspecified atom stereocenters. The number of aromatic nitrogens is 6. The Kier molecular flexibility index (Phi) is 5.13. The predicted octanol–water partition coefficient (Wildman–Crippen LogP) is 2.99. The number of aryl methyl sites for hydroxylation is 1. The van der Waals surface area contributed by atoms with Gasteiger partial charge in [0.15, 0.2) is 5.82 Å². The first kappa shape index (κ1) is 19.3. The van der Waals surface area contributed by atoms with Gasteiger partial charge >= 0.3 is 0 Å². The van der Waals surface area contributed by atoms with Crippen molar-refractivity contribution in [3.8, 4) is 28.7 Å². The first-order valence-corrected chi connectivity index (χ1v) is 9.85. The zero-order chi connectivity index (χ0) is 21.2. The van der Waals surface area contributed by atoms with E-state index < -0.39 is 0 Å². The number of rotatable bonds is 5. The van der Waals surface area contributed by atoms with Gasteiger partial charge in [0, 0.05) is 18.5 Å². The average molecular weight is 422 g/mol. The van der Waals surface area contributed by atoms with Gasteiger partial charge in [0.2, 0.25) is 5.88 Å². The Bertz CT molecular complexity index is 1190. The standard InChI is InChI=1S/C21H19FN6O3/c1-13-16(20(27-31-13)14-2-4-15(22)5-3-14)12-30-19-11-23-17(10-24-19)21-26-25-18-6-8-29-9-7-28(18)21/h2-5,10-11H,6-9,12H2,1H3. The lowest BCUT2D eigenvalue weighted by Gasteiger charge is -2.08. The van der Waals surface area contributed by atoms with Gasteiger partial charge in [-0.2, -0.15) is 0 Å². The SMILES string of the molecule is Cc1onc(-c2ccc(F)cc2)c1COc1cnc(-c2nnc3n2CCOCC3)cn1. The molecule has 0 spiro atoms. The molecule has 5 rings (SSSR count). The smallest absolute Gasteiger partial charge is 0.232 e. The van der Waals surface area contributed by atoms with Crippen LogP contribution in [-0.4, -0.2) is 43.1 Å². The second-order valence-electron chi connectivity index (χ2n) is 7.06. The summed E-state index contributed by atoms with van der Waals surface area (Å²) in [7, 11) is 0. The molecule has 1 aliphatic heterocycles. The van der Waals surface area contributed by atoms with Gasteiger partial charge < -0.3 is 18.6 Å². The molecular formula is C21H19FN6O3. The maximum Gasteiger partial charge on any atom is 0.232 e. The molecule has 0 aliphatic carbocycles. The van der Waals surface area contributed by atoms with Crippen LogP contribution in [0, 0.1) is 12.7 Å². The van der Waals surface area contributed by atoms with Gasteiger partial charge in [-0.15, -0.1) is 10.2 Å². The molecule has 1 aliphatic rings. The van der Waals surface area contributed by atoms with E-state index in [9.17, 15) is 4.39 Å². The van der Waals surface area contributed by atoms with Crippen molar-refractivity contribution < 1.29 is 18.4 Å². The molecule has 1 aromatic carbocycles. The first-order valence-electron chi connectivity index (χ1n) is 9.85. The number of ether oxygens (including phenoxy) is 2. The molecule has 4 heterocycles. The van der Waals surface area contributed by atoms with E-state index in [1.54, 1.807) is 31.5 Å². The van der Waals surface area contributed by atoms with Gasteiger partial charge in [0.05, 0.1) is 31.2 Å². The lowest BCUT2D eigenvalue weighted by molar-refractivity contribution is 0.140. The summed E-state index contributed by atoms with van der Waals surface area (Å²) in [4.78, 5) is 8.79. The van der Waals surface area contributed by atoms with Crippen molar-refractivity contribution in [1.29, 1.82) is 0 Å². The zero-order valence-corrected chi connectivity index (χ0v) is 16.8. The normalized spacial score (nSPS) is 13.6. The molecule has 0 N–H and O–H groups in total. The molecule has 0 bridgehead atoms. The van der Waals surface area contributed by atoms with Crippen molar-refractivity contribution in [2.45, 2.75) is 26.5 Å². The van der Waals surface area contributed by atoms with Crippen LogP contribution in [0.4, 0.5) is 4.39 Å². The van der Waals surface area contributed by atoms with Crippen molar-refractivity contribution in [2.24, 2.45) is 0 Å². The maximum atomic E-state index is 13.2. The molecule has 158 valence electrons. The maximum absolute atomic E-state index is 13.2.